The molecule has 0 bridgehead atoms. The standard InChI is InChI=1S/C15H15ClN4O/c1-11(19-14-4-2-13(16)3-5-14)15(21)20-18-10-12-6-8-17-9-7-12/h2-11,19H,1H3,(H,20,21)/b18-10-/t11-/m1/s1. The minimum atomic E-state index is -0.416. The Morgan fingerprint density at radius 3 is 2.57 bits per heavy atom. The number of carbonyl (C=O) groups excluding carboxylic acids is 1. The zero-order valence-corrected chi connectivity index (χ0v) is 12.2. The fourth-order valence-electron chi connectivity index (χ4n) is 1.58. The minimum absolute atomic E-state index is 0.227. The van der Waals surface area contributed by atoms with Crippen LogP contribution >= 0.6 is 11.6 Å². The molecule has 21 heavy (non-hydrogen) atoms. The molecule has 2 rings (SSSR count). The Morgan fingerprint density at radius 1 is 1.24 bits per heavy atom. The van der Waals surface area contributed by atoms with Crippen LogP contribution in [0.25, 0.3) is 0 Å². The van der Waals surface area contributed by atoms with Crippen molar-refractivity contribution in [2.45, 2.75) is 13.0 Å². The smallest absolute Gasteiger partial charge is 0.262 e. The molecule has 0 aliphatic rings. The normalized spacial score (nSPS) is 12.1. The van der Waals surface area contributed by atoms with E-state index in [1.807, 2.05) is 12.1 Å². The van der Waals surface area contributed by atoms with Gasteiger partial charge in [-0.05, 0) is 48.9 Å². The van der Waals surface area contributed by atoms with Crippen molar-refractivity contribution >= 4 is 29.4 Å². The van der Waals surface area contributed by atoms with Crippen molar-refractivity contribution in [1.82, 2.24) is 10.4 Å². The lowest BCUT2D eigenvalue weighted by Crippen LogP contribution is -2.34. The summed E-state index contributed by atoms with van der Waals surface area (Å²) in [5.74, 6) is -0.227. The number of hydrogen-bond acceptors (Lipinski definition) is 4. The number of carbonyl (C=O) groups is 1. The van der Waals surface area contributed by atoms with Crippen LogP contribution < -0.4 is 10.7 Å². The quantitative estimate of drug-likeness (QED) is 0.659. The fourth-order valence-corrected chi connectivity index (χ4v) is 1.70. The number of hydrazone groups is 1. The summed E-state index contributed by atoms with van der Waals surface area (Å²) in [6, 6.07) is 10.3. The number of pyridine rings is 1. The number of nitrogens with one attached hydrogen (secondary N) is 2. The molecule has 1 aromatic carbocycles. The second kappa shape index (κ2) is 7.40. The predicted molar refractivity (Wildman–Crippen MR) is 84.5 cm³/mol. The molecule has 0 radical (unpaired) electrons. The van der Waals surface area contributed by atoms with E-state index in [0.29, 0.717) is 5.02 Å². The summed E-state index contributed by atoms with van der Waals surface area (Å²) < 4.78 is 0. The van der Waals surface area contributed by atoms with E-state index in [-0.39, 0.29) is 5.91 Å². The van der Waals surface area contributed by atoms with Gasteiger partial charge in [-0.25, -0.2) is 5.43 Å². The van der Waals surface area contributed by atoms with Gasteiger partial charge >= 0.3 is 0 Å². The SMILES string of the molecule is C[C@@H](Nc1ccc(Cl)cc1)C(=O)N/N=C\c1ccncc1. The second-order valence-corrected chi connectivity index (χ2v) is 4.82. The van der Waals surface area contributed by atoms with Crippen LogP contribution in [-0.4, -0.2) is 23.1 Å². The zero-order valence-electron chi connectivity index (χ0n) is 11.5. The molecule has 108 valence electrons. The Hall–Kier alpha value is -2.40. The molecular weight excluding hydrogens is 288 g/mol. The first-order valence-electron chi connectivity index (χ1n) is 6.40. The number of nitrogens with zero attached hydrogens (tertiary/aromatic N) is 2. The van der Waals surface area contributed by atoms with Crippen LogP contribution in [0.3, 0.4) is 0 Å². The third-order valence-electron chi connectivity index (χ3n) is 2.72. The number of halogens is 1. The molecule has 1 atom stereocenters. The van der Waals surface area contributed by atoms with Crippen molar-refractivity contribution in [1.29, 1.82) is 0 Å². The Labute approximate surface area is 128 Å². The fraction of sp³-hybridized carbons (Fsp3) is 0.133. The summed E-state index contributed by atoms with van der Waals surface area (Å²) in [6.07, 6.45) is 4.89. The van der Waals surface area contributed by atoms with Crippen molar-refractivity contribution in [3.8, 4) is 0 Å². The Bertz CT molecular complexity index is 613. The largest absolute Gasteiger partial charge is 0.374 e. The van der Waals surface area contributed by atoms with Crippen LogP contribution in [0.4, 0.5) is 5.69 Å². The number of hydrogen-bond donors (Lipinski definition) is 2. The highest BCUT2D eigenvalue weighted by Gasteiger charge is 2.11. The molecule has 2 aromatic rings. The van der Waals surface area contributed by atoms with Crippen molar-refractivity contribution in [2.24, 2.45) is 5.10 Å². The molecule has 0 fully saturated rings. The molecule has 0 spiro atoms. The van der Waals surface area contributed by atoms with E-state index in [4.69, 9.17) is 11.6 Å². The van der Waals surface area contributed by atoms with Gasteiger partial charge in [0, 0.05) is 23.1 Å². The van der Waals surface area contributed by atoms with Gasteiger partial charge in [-0.3, -0.25) is 9.78 Å². The van der Waals surface area contributed by atoms with Gasteiger partial charge in [0.05, 0.1) is 6.21 Å². The summed E-state index contributed by atoms with van der Waals surface area (Å²) in [5, 5.41) is 7.62. The lowest BCUT2D eigenvalue weighted by Gasteiger charge is -2.13. The molecule has 0 saturated carbocycles. The molecular formula is C15H15ClN4O. The molecule has 1 aromatic heterocycles. The molecule has 5 nitrogen and oxygen atoms in total. The van der Waals surface area contributed by atoms with Gasteiger partial charge in [0.2, 0.25) is 0 Å². The average Bonchev–Trinajstić information content (AvgIpc) is 2.50. The second-order valence-electron chi connectivity index (χ2n) is 4.39. The first-order chi connectivity index (χ1) is 10.1. The molecule has 0 aliphatic carbocycles. The van der Waals surface area contributed by atoms with E-state index in [9.17, 15) is 4.79 Å². The minimum Gasteiger partial charge on any atom is -0.374 e. The van der Waals surface area contributed by atoms with Gasteiger partial charge in [0.25, 0.3) is 5.91 Å². The number of aromatic nitrogens is 1. The van der Waals surface area contributed by atoms with Crippen molar-refractivity contribution in [2.75, 3.05) is 5.32 Å². The van der Waals surface area contributed by atoms with Gasteiger partial charge in [0.1, 0.15) is 6.04 Å². The highest BCUT2D eigenvalue weighted by molar-refractivity contribution is 6.30. The molecule has 0 unspecified atom stereocenters. The monoisotopic (exact) mass is 302 g/mol. The van der Waals surface area contributed by atoms with Crippen LogP contribution in [-0.2, 0) is 4.79 Å². The van der Waals surface area contributed by atoms with Crippen LogP contribution in [0.1, 0.15) is 12.5 Å². The average molecular weight is 303 g/mol. The van der Waals surface area contributed by atoms with E-state index >= 15 is 0 Å². The molecule has 0 aliphatic heterocycles. The van der Waals surface area contributed by atoms with E-state index in [1.165, 1.54) is 0 Å². The summed E-state index contributed by atoms with van der Waals surface area (Å²) >= 11 is 5.81. The maximum absolute atomic E-state index is 11.9. The summed E-state index contributed by atoms with van der Waals surface area (Å²) in [4.78, 5) is 15.8. The highest BCUT2D eigenvalue weighted by Crippen LogP contribution is 2.14. The van der Waals surface area contributed by atoms with Crippen LogP contribution in [0.5, 0.6) is 0 Å². The molecule has 1 amide bonds. The van der Waals surface area contributed by atoms with Gasteiger partial charge in [-0.1, -0.05) is 11.6 Å². The van der Waals surface area contributed by atoms with E-state index < -0.39 is 6.04 Å². The number of amides is 1. The Balaban J connectivity index is 1.85. The first kappa shape index (κ1) is 15.0. The first-order valence-corrected chi connectivity index (χ1v) is 6.78. The maximum Gasteiger partial charge on any atom is 0.262 e. The topological polar surface area (TPSA) is 66.4 Å². The lowest BCUT2D eigenvalue weighted by atomic mass is 10.2. The third kappa shape index (κ3) is 4.89. The van der Waals surface area contributed by atoms with Crippen molar-refractivity contribution < 1.29 is 4.79 Å². The zero-order chi connectivity index (χ0) is 15.1. The van der Waals surface area contributed by atoms with E-state index in [0.717, 1.165) is 11.3 Å². The van der Waals surface area contributed by atoms with Gasteiger partial charge in [-0.2, -0.15) is 5.10 Å². The summed E-state index contributed by atoms with van der Waals surface area (Å²) in [7, 11) is 0. The van der Waals surface area contributed by atoms with Crippen molar-refractivity contribution in [3.63, 3.8) is 0 Å². The summed E-state index contributed by atoms with van der Waals surface area (Å²) in [6.45, 7) is 1.76. The number of rotatable bonds is 5. The molecule has 6 heteroatoms. The van der Waals surface area contributed by atoms with Crippen LogP contribution in [0.2, 0.25) is 5.02 Å². The van der Waals surface area contributed by atoms with E-state index in [2.05, 4.69) is 20.8 Å². The van der Waals surface area contributed by atoms with E-state index in [1.54, 1.807) is 49.8 Å². The molecule has 2 N–H and O–H groups in total. The van der Waals surface area contributed by atoms with Crippen LogP contribution in [0.15, 0.2) is 53.9 Å². The molecule has 1 heterocycles. The third-order valence-corrected chi connectivity index (χ3v) is 2.97. The number of anilines is 1. The van der Waals surface area contributed by atoms with Crippen LogP contribution in [0, 0.1) is 0 Å². The molecule has 0 saturated heterocycles. The highest BCUT2D eigenvalue weighted by atomic mass is 35.5. The Kier molecular flexibility index (Phi) is 5.29. The predicted octanol–water partition coefficient (Wildman–Crippen LogP) is 2.69. The maximum atomic E-state index is 11.9. The van der Waals surface area contributed by atoms with Gasteiger partial charge < -0.3 is 5.32 Å². The number of benzene rings is 1. The van der Waals surface area contributed by atoms with Crippen molar-refractivity contribution in [3.05, 3.63) is 59.4 Å². The Morgan fingerprint density at radius 2 is 1.90 bits per heavy atom. The van der Waals surface area contributed by atoms with Gasteiger partial charge in [-0.15, -0.1) is 0 Å². The lowest BCUT2D eigenvalue weighted by molar-refractivity contribution is -0.121. The summed E-state index contributed by atoms with van der Waals surface area (Å²) in [5.41, 5.74) is 4.17. The van der Waals surface area contributed by atoms with Gasteiger partial charge in [0.15, 0.2) is 0 Å².